The summed E-state index contributed by atoms with van der Waals surface area (Å²) >= 11 is 0. The minimum absolute atomic E-state index is 0.0641. The van der Waals surface area contributed by atoms with Gasteiger partial charge >= 0.3 is 0 Å². The zero-order valence-electron chi connectivity index (χ0n) is 22.6. The number of rotatable bonds is 3. The molecule has 0 heterocycles. The molecule has 0 bridgehead atoms. The molecule has 0 aromatic heterocycles. The lowest BCUT2D eigenvalue weighted by molar-refractivity contribution is -0.247. The molecule has 5 aliphatic rings. The highest BCUT2D eigenvalue weighted by Crippen LogP contribution is 2.77. The highest BCUT2D eigenvalue weighted by molar-refractivity contribution is 5.38. The van der Waals surface area contributed by atoms with Crippen LogP contribution < -0.4 is 0 Å². The van der Waals surface area contributed by atoms with E-state index < -0.39 is 0 Å². The fraction of sp³-hybridized carbons (Fsp3) is 0.903. The van der Waals surface area contributed by atoms with Crippen molar-refractivity contribution >= 4 is 6.47 Å². The number of carbonyl (C=O) groups is 1. The van der Waals surface area contributed by atoms with Crippen molar-refractivity contribution in [1.82, 2.24) is 0 Å². The van der Waals surface area contributed by atoms with Crippen LogP contribution in [0.4, 0.5) is 0 Å². The van der Waals surface area contributed by atoms with Crippen molar-refractivity contribution in [3.63, 3.8) is 0 Å². The number of fused-ring (bicyclic) bond motifs is 7. The Balaban J connectivity index is 1.51. The number of carbonyl (C=O) groups excluding carboxylic acids is 1. The monoisotopic (exact) mass is 454 g/mol. The molecule has 5 saturated carbocycles. The van der Waals surface area contributed by atoms with Crippen LogP contribution in [0.2, 0.25) is 0 Å². The van der Waals surface area contributed by atoms with Crippen LogP contribution in [0.15, 0.2) is 12.2 Å². The molecule has 0 amide bonds. The Morgan fingerprint density at radius 3 is 2.21 bits per heavy atom. The predicted molar refractivity (Wildman–Crippen MR) is 136 cm³/mol. The molecule has 5 fully saturated rings. The average Bonchev–Trinajstić information content (AvgIpc) is 3.09. The van der Waals surface area contributed by atoms with E-state index in [9.17, 15) is 4.79 Å². The van der Waals surface area contributed by atoms with Crippen molar-refractivity contribution in [2.24, 2.45) is 56.7 Å². The summed E-state index contributed by atoms with van der Waals surface area (Å²) in [4.78, 5) is 11.2. The van der Waals surface area contributed by atoms with Gasteiger partial charge in [0.05, 0.1) is 0 Å². The van der Waals surface area contributed by atoms with Gasteiger partial charge in [-0.3, -0.25) is 4.79 Å². The molecule has 0 saturated heterocycles. The maximum absolute atomic E-state index is 11.2. The molecule has 0 aromatic rings. The highest BCUT2D eigenvalue weighted by atomic mass is 16.5. The second-order valence-electron chi connectivity index (χ2n) is 14.9. The molecule has 2 heteroatoms. The summed E-state index contributed by atoms with van der Waals surface area (Å²) in [6.07, 6.45) is 13.4. The molecule has 10 atom stereocenters. The smallest absolute Gasteiger partial charge is 0.293 e. The van der Waals surface area contributed by atoms with Crippen LogP contribution >= 0.6 is 0 Å². The molecule has 0 N–H and O–H groups in total. The number of allylic oxidation sites excluding steroid dienone is 1. The number of ether oxygens (including phenoxy) is 1. The summed E-state index contributed by atoms with van der Waals surface area (Å²) in [5.74, 6) is 3.86. The second-order valence-corrected chi connectivity index (χ2v) is 14.9. The summed E-state index contributed by atoms with van der Waals surface area (Å²) in [5, 5.41) is 0. The lowest BCUT2D eigenvalue weighted by Crippen LogP contribution is -2.66. The van der Waals surface area contributed by atoms with Crippen molar-refractivity contribution in [2.75, 3.05) is 0 Å². The summed E-state index contributed by atoms with van der Waals surface area (Å²) in [6.45, 7) is 23.0. The van der Waals surface area contributed by atoms with Gasteiger partial charge in [0.2, 0.25) is 0 Å². The lowest BCUT2D eigenvalue weighted by Gasteiger charge is -2.73. The first-order valence-electron chi connectivity index (χ1n) is 14.1. The first kappa shape index (κ1) is 23.9. The fourth-order valence-corrected chi connectivity index (χ4v) is 11.8. The Hall–Kier alpha value is -0.790. The second kappa shape index (κ2) is 7.36. The molecule has 33 heavy (non-hydrogen) atoms. The van der Waals surface area contributed by atoms with Crippen LogP contribution in [0.5, 0.6) is 0 Å². The first-order valence-corrected chi connectivity index (χ1v) is 14.1. The summed E-state index contributed by atoms with van der Waals surface area (Å²) in [7, 11) is 0. The number of hydrogen-bond acceptors (Lipinski definition) is 2. The van der Waals surface area contributed by atoms with E-state index in [0.29, 0.717) is 34.1 Å². The van der Waals surface area contributed by atoms with Crippen LogP contribution in [-0.4, -0.2) is 12.6 Å². The molecule has 0 aliphatic heterocycles. The third-order valence-electron chi connectivity index (χ3n) is 13.6. The van der Waals surface area contributed by atoms with E-state index in [1.807, 2.05) is 0 Å². The van der Waals surface area contributed by atoms with Crippen LogP contribution in [-0.2, 0) is 9.53 Å². The molecule has 186 valence electrons. The molecule has 2 unspecified atom stereocenters. The van der Waals surface area contributed by atoms with Gasteiger partial charge in [-0.05, 0) is 122 Å². The first-order chi connectivity index (χ1) is 15.3. The van der Waals surface area contributed by atoms with Gasteiger partial charge in [0.1, 0.15) is 6.10 Å². The van der Waals surface area contributed by atoms with Gasteiger partial charge in [-0.25, -0.2) is 0 Å². The van der Waals surface area contributed by atoms with Gasteiger partial charge in [-0.15, -0.1) is 0 Å². The summed E-state index contributed by atoms with van der Waals surface area (Å²) in [6, 6.07) is 0. The molecule has 5 rings (SSSR count). The molecule has 0 spiro atoms. The van der Waals surface area contributed by atoms with Gasteiger partial charge in [-0.1, -0.05) is 53.7 Å². The third-order valence-corrected chi connectivity index (χ3v) is 13.6. The zero-order valence-corrected chi connectivity index (χ0v) is 22.6. The minimum atomic E-state index is 0.0641. The maximum Gasteiger partial charge on any atom is 0.293 e. The quantitative estimate of drug-likeness (QED) is 0.317. The van der Waals surface area contributed by atoms with Gasteiger partial charge in [0, 0.05) is 5.41 Å². The zero-order chi connectivity index (χ0) is 24.0. The van der Waals surface area contributed by atoms with Crippen LogP contribution in [0.3, 0.4) is 0 Å². The Labute approximate surface area is 203 Å². The Morgan fingerprint density at radius 1 is 0.818 bits per heavy atom. The van der Waals surface area contributed by atoms with E-state index >= 15 is 0 Å². The van der Waals surface area contributed by atoms with E-state index in [-0.39, 0.29) is 11.5 Å². The third kappa shape index (κ3) is 2.94. The highest BCUT2D eigenvalue weighted by Gasteiger charge is 2.70. The Kier molecular flexibility index (Phi) is 5.34. The SMILES string of the molecule is C=C(C)[C@@H]1CC[C@]2(C)CC[C@]3(C)C(CC[C@@H]4[C@@]5(C)CC[C@H](OC=O)C(C)(C)C5CC[C@]43C)[C@@H]12. The van der Waals surface area contributed by atoms with Crippen LogP contribution in [0, 0.1) is 56.7 Å². The molecule has 5 aliphatic carbocycles. The van der Waals surface area contributed by atoms with Crippen molar-refractivity contribution in [1.29, 1.82) is 0 Å². The molecule has 0 aromatic carbocycles. The van der Waals surface area contributed by atoms with Crippen LogP contribution in [0.25, 0.3) is 0 Å². The van der Waals surface area contributed by atoms with Gasteiger partial charge in [0.25, 0.3) is 6.47 Å². The van der Waals surface area contributed by atoms with E-state index in [2.05, 4.69) is 55.0 Å². The normalized spacial score (nSPS) is 54.9. The summed E-state index contributed by atoms with van der Waals surface area (Å²) in [5.41, 5.74) is 3.26. The molecule has 2 nitrogen and oxygen atoms in total. The van der Waals surface area contributed by atoms with E-state index in [1.165, 1.54) is 63.4 Å². The molecular formula is C31H50O2. The fourth-order valence-electron chi connectivity index (χ4n) is 11.8. The van der Waals surface area contributed by atoms with Crippen molar-refractivity contribution in [3.05, 3.63) is 12.2 Å². The standard InChI is InChI=1S/C31H50O2/c1-20(2)21-11-14-28(5)17-18-30(7)22(26(21)28)9-10-24-29(6)15-13-25(33-19-32)27(3,4)23(29)12-16-31(24,30)8/h19,21-26H,1,9-18H2,2-8H3/t21-,22?,23?,24+,25-,26+,28+,29-,30+,31+/m0/s1. The molecular weight excluding hydrogens is 404 g/mol. The maximum atomic E-state index is 11.2. The lowest BCUT2D eigenvalue weighted by atomic mass is 9.32. The van der Waals surface area contributed by atoms with Crippen molar-refractivity contribution < 1.29 is 9.53 Å². The minimum Gasteiger partial charge on any atom is -0.464 e. The number of hydrogen-bond donors (Lipinski definition) is 0. The van der Waals surface area contributed by atoms with Gasteiger partial charge < -0.3 is 4.74 Å². The summed E-state index contributed by atoms with van der Waals surface area (Å²) < 4.78 is 5.66. The van der Waals surface area contributed by atoms with E-state index in [0.717, 1.165) is 30.1 Å². The van der Waals surface area contributed by atoms with E-state index in [1.54, 1.807) is 0 Å². The van der Waals surface area contributed by atoms with Crippen molar-refractivity contribution in [2.45, 2.75) is 119 Å². The van der Waals surface area contributed by atoms with E-state index in [4.69, 9.17) is 4.74 Å². The van der Waals surface area contributed by atoms with Gasteiger partial charge in [0.15, 0.2) is 0 Å². The Morgan fingerprint density at radius 2 is 1.55 bits per heavy atom. The predicted octanol–water partition coefficient (Wildman–Crippen LogP) is 8.21. The topological polar surface area (TPSA) is 26.3 Å². The molecule has 0 radical (unpaired) electrons. The van der Waals surface area contributed by atoms with Crippen LogP contribution in [0.1, 0.15) is 113 Å². The van der Waals surface area contributed by atoms with Gasteiger partial charge in [-0.2, -0.15) is 0 Å². The largest absolute Gasteiger partial charge is 0.464 e. The Bertz CT molecular complexity index is 829. The average molecular weight is 455 g/mol. The van der Waals surface area contributed by atoms with Crippen molar-refractivity contribution in [3.8, 4) is 0 Å².